The van der Waals surface area contributed by atoms with Gasteiger partial charge in [0.25, 0.3) is 11.5 Å². The number of likely N-dealkylation sites (tertiary alicyclic amines) is 1. The van der Waals surface area contributed by atoms with Crippen LogP contribution in [0.4, 0.5) is 0 Å². The van der Waals surface area contributed by atoms with E-state index in [9.17, 15) is 14.7 Å². The van der Waals surface area contributed by atoms with Gasteiger partial charge in [-0.2, -0.15) is 0 Å². The lowest BCUT2D eigenvalue weighted by atomic mass is 10.1. The molecule has 3 rings (SSSR count). The molecule has 1 saturated heterocycles. The molecule has 1 atom stereocenters. The van der Waals surface area contributed by atoms with Gasteiger partial charge in [-0.25, -0.2) is 4.98 Å². The number of nitrogens with zero attached hydrogens (tertiary/aromatic N) is 2. The number of carbonyl (C=O) groups excluding carboxylic acids is 1. The molecule has 1 amide bonds. The van der Waals surface area contributed by atoms with E-state index in [1.54, 1.807) is 4.90 Å². The Kier molecular flexibility index (Phi) is 2.48. The van der Waals surface area contributed by atoms with Gasteiger partial charge in [0.2, 0.25) is 0 Å². The van der Waals surface area contributed by atoms with Crippen molar-refractivity contribution in [2.75, 3.05) is 6.54 Å². The van der Waals surface area contributed by atoms with Crippen molar-refractivity contribution in [3.05, 3.63) is 28.4 Å². The van der Waals surface area contributed by atoms with E-state index in [2.05, 4.69) is 9.97 Å². The fourth-order valence-corrected chi connectivity index (χ4v) is 2.64. The first-order valence-corrected chi connectivity index (χ1v) is 6.18. The van der Waals surface area contributed by atoms with Gasteiger partial charge in [0, 0.05) is 12.7 Å². The minimum Gasteiger partial charge on any atom is -0.388 e. The second-order valence-corrected chi connectivity index (χ2v) is 5.06. The number of aromatic nitrogens is 2. The van der Waals surface area contributed by atoms with E-state index in [4.69, 9.17) is 0 Å². The third kappa shape index (κ3) is 1.82. The van der Waals surface area contributed by atoms with E-state index in [-0.39, 0.29) is 23.2 Å². The van der Waals surface area contributed by atoms with E-state index in [0.29, 0.717) is 6.54 Å². The van der Waals surface area contributed by atoms with Crippen LogP contribution in [-0.4, -0.2) is 44.1 Å². The van der Waals surface area contributed by atoms with Crippen molar-refractivity contribution < 1.29 is 9.90 Å². The summed E-state index contributed by atoms with van der Waals surface area (Å²) in [5.41, 5.74) is -0.787. The van der Waals surface area contributed by atoms with Gasteiger partial charge >= 0.3 is 0 Å². The Morgan fingerprint density at radius 2 is 2.33 bits per heavy atom. The number of aromatic amines is 1. The highest BCUT2D eigenvalue weighted by Gasteiger charge is 2.52. The van der Waals surface area contributed by atoms with Crippen molar-refractivity contribution >= 4 is 5.91 Å². The molecule has 1 unspecified atom stereocenters. The third-order valence-corrected chi connectivity index (χ3v) is 3.79. The van der Waals surface area contributed by atoms with E-state index < -0.39 is 5.60 Å². The van der Waals surface area contributed by atoms with E-state index in [1.165, 1.54) is 6.20 Å². The fourth-order valence-electron chi connectivity index (χ4n) is 2.64. The molecular formula is C12H15N3O3. The molecule has 0 radical (unpaired) electrons. The van der Waals surface area contributed by atoms with Gasteiger partial charge in [-0.05, 0) is 25.7 Å². The van der Waals surface area contributed by atoms with Gasteiger partial charge in [0.1, 0.15) is 5.69 Å². The standard InChI is InChI=1S/C12H15N3O3/c16-10-7-13-8(6-14-10)11(17)15-5-1-2-9(15)12(18)3-4-12/h6-7,9,18H,1-5H2,(H,14,16). The number of amides is 1. The quantitative estimate of drug-likeness (QED) is 0.766. The second-order valence-electron chi connectivity index (χ2n) is 5.06. The molecular weight excluding hydrogens is 234 g/mol. The zero-order valence-corrected chi connectivity index (χ0v) is 9.93. The second kappa shape index (κ2) is 3.91. The molecule has 1 aliphatic carbocycles. The maximum Gasteiger partial charge on any atom is 0.274 e. The average Bonchev–Trinajstić information content (AvgIpc) is 2.94. The van der Waals surface area contributed by atoms with Crippen LogP contribution in [0.15, 0.2) is 17.2 Å². The first kappa shape index (κ1) is 11.4. The SMILES string of the molecule is O=C(c1c[nH]c(=O)cn1)N1CCCC1C1(O)CC1. The number of nitrogens with one attached hydrogen (secondary N) is 1. The zero-order chi connectivity index (χ0) is 12.8. The Hall–Kier alpha value is -1.69. The van der Waals surface area contributed by atoms with Crippen molar-refractivity contribution in [1.29, 1.82) is 0 Å². The molecule has 1 saturated carbocycles. The summed E-state index contributed by atoms with van der Waals surface area (Å²) in [6, 6.07) is -0.0984. The Balaban J connectivity index is 1.83. The minimum absolute atomic E-state index is 0.0984. The van der Waals surface area contributed by atoms with Gasteiger partial charge in [-0.1, -0.05) is 0 Å². The molecule has 18 heavy (non-hydrogen) atoms. The highest BCUT2D eigenvalue weighted by molar-refractivity contribution is 5.92. The van der Waals surface area contributed by atoms with E-state index in [0.717, 1.165) is 31.9 Å². The summed E-state index contributed by atoms with van der Waals surface area (Å²) in [7, 11) is 0. The van der Waals surface area contributed by atoms with Gasteiger partial charge in [-0.15, -0.1) is 0 Å². The molecule has 1 aromatic rings. The molecule has 2 N–H and O–H groups in total. The molecule has 2 aliphatic rings. The molecule has 6 heteroatoms. The van der Waals surface area contributed by atoms with Crippen molar-refractivity contribution in [3.63, 3.8) is 0 Å². The molecule has 0 bridgehead atoms. The summed E-state index contributed by atoms with van der Waals surface area (Å²) in [5, 5.41) is 10.2. The lowest BCUT2D eigenvalue weighted by Crippen LogP contribution is -2.44. The predicted molar refractivity (Wildman–Crippen MR) is 63.1 cm³/mol. The molecule has 6 nitrogen and oxygen atoms in total. The highest BCUT2D eigenvalue weighted by Crippen LogP contribution is 2.44. The minimum atomic E-state index is -0.686. The number of carbonyl (C=O) groups is 1. The van der Waals surface area contributed by atoms with Crippen molar-refractivity contribution in [2.45, 2.75) is 37.3 Å². The third-order valence-electron chi connectivity index (χ3n) is 3.79. The van der Waals surface area contributed by atoms with E-state index in [1.807, 2.05) is 0 Å². The van der Waals surface area contributed by atoms with Crippen molar-refractivity contribution in [1.82, 2.24) is 14.9 Å². The van der Waals surface area contributed by atoms with Gasteiger partial charge in [0.15, 0.2) is 0 Å². The van der Waals surface area contributed by atoms with Crippen molar-refractivity contribution in [2.24, 2.45) is 0 Å². The van der Waals surface area contributed by atoms with Crippen molar-refractivity contribution in [3.8, 4) is 0 Å². The van der Waals surface area contributed by atoms with Gasteiger partial charge < -0.3 is 15.0 Å². The normalized spacial score (nSPS) is 25.2. The van der Waals surface area contributed by atoms with Gasteiger partial charge in [-0.3, -0.25) is 9.59 Å². The van der Waals surface area contributed by atoms with Gasteiger partial charge in [0.05, 0.1) is 17.8 Å². The smallest absolute Gasteiger partial charge is 0.274 e. The van der Waals surface area contributed by atoms with Crippen LogP contribution in [-0.2, 0) is 0 Å². The van der Waals surface area contributed by atoms with Crippen LogP contribution in [0.2, 0.25) is 0 Å². The molecule has 2 fully saturated rings. The summed E-state index contributed by atoms with van der Waals surface area (Å²) < 4.78 is 0. The summed E-state index contributed by atoms with van der Waals surface area (Å²) in [6.45, 7) is 0.645. The van der Waals surface area contributed by atoms with Crippen LogP contribution < -0.4 is 5.56 Å². The van der Waals surface area contributed by atoms with Crippen LogP contribution in [0.25, 0.3) is 0 Å². The molecule has 0 spiro atoms. The average molecular weight is 249 g/mol. The Labute approximate surface area is 104 Å². The lowest BCUT2D eigenvalue weighted by Gasteiger charge is -2.28. The number of aliphatic hydroxyl groups is 1. The topological polar surface area (TPSA) is 86.3 Å². The monoisotopic (exact) mass is 249 g/mol. The fraction of sp³-hybridized carbons (Fsp3) is 0.583. The Bertz CT molecular complexity index is 515. The van der Waals surface area contributed by atoms with Crippen LogP contribution in [0.3, 0.4) is 0 Å². The van der Waals surface area contributed by atoms with Crippen LogP contribution in [0.5, 0.6) is 0 Å². The number of hydrogen-bond acceptors (Lipinski definition) is 4. The summed E-state index contributed by atoms with van der Waals surface area (Å²) in [6.07, 6.45) is 5.70. The van der Waals surface area contributed by atoms with Crippen LogP contribution >= 0.6 is 0 Å². The maximum atomic E-state index is 12.3. The van der Waals surface area contributed by atoms with Crippen LogP contribution in [0.1, 0.15) is 36.2 Å². The largest absolute Gasteiger partial charge is 0.388 e. The summed E-state index contributed by atoms with van der Waals surface area (Å²) in [4.78, 5) is 31.2. The zero-order valence-electron chi connectivity index (χ0n) is 9.93. The molecule has 96 valence electrons. The molecule has 1 aromatic heterocycles. The summed E-state index contributed by atoms with van der Waals surface area (Å²) >= 11 is 0. The van der Waals surface area contributed by atoms with E-state index >= 15 is 0 Å². The maximum absolute atomic E-state index is 12.3. The molecule has 0 aromatic carbocycles. The number of rotatable bonds is 2. The lowest BCUT2D eigenvalue weighted by molar-refractivity contribution is 0.0382. The Morgan fingerprint density at radius 3 is 2.94 bits per heavy atom. The molecule has 1 aliphatic heterocycles. The first-order valence-electron chi connectivity index (χ1n) is 6.18. The number of H-pyrrole nitrogens is 1. The predicted octanol–water partition coefficient (Wildman–Crippen LogP) is -0.101. The highest BCUT2D eigenvalue weighted by atomic mass is 16.3. The first-order chi connectivity index (χ1) is 8.60. The van der Waals surface area contributed by atoms with Crippen LogP contribution in [0, 0.1) is 0 Å². The molecule has 2 heterocycles. The summed E-state index contributed by atoms with van der Waals surface area (Å²) in [5.74, 6) is -0.214. The Morgan fingerprint density at radius 1 is 1.56 bits per heavy atom. The number of hydrogen-bond donors (Lipinski definition) is 2.